The number of nitrogen functional groups attached to an aromatic ring is 1. The first-order valence-corrected chi connectivity index (χ1v) is 6.17. The van der Waals surface area contributed by atoms with Crippen molar-refractivity contribution in [3.63, 3.8) is 0 Å². The van der Waals surface area contributed by atoms with E-state index in [1.807, 2.05) is 6.20 Å². The highest BCUT2D eigenvalue weighted by Crippen LogP contribution is 2.42. The van der Waals surface area contributed by atoms with Gasteiger partial charge in [-0.25, -0.2) is 0 Å². The molecule has 86 valence electrons. The monoisotopic (exact) mass is 218 g/mol. The quantitative estimate of drug-likeness (QED) is 0.829. The van der Waals surface area contributed by atoms with Crippen molar-refractivity contribution in [2.45, 2.75) is 37.5 Å². The molecule has 2 N–H and O–H groups in total. The Bertz CT molecular complexity index is 382. The zero-order valence-corrected chi connectivity index (χ0v) is 9.48. The molecule has 1 saturated carbocycles. The molecule has 2 fully saturated rings. The fraction of sp³-hybridized carbons (Fsp3) is 0.615. The molecule has 1 saturated heterocycles. The van der Waals surface area contributed by atoms with Crippen molar-refractivity contribution >= 4 is 5.69 Å². The minimum Gasteiger partial charge on any atom is -0.397 e. The number of nitrogens with two attached hydrogens (primary N) is 1. The number of hydrogen-bond acceptors (Lipinski definition) is 3. The maximum atomic E-state index is 6.08. The predicted octanol–water partition coefficient (Wildman–Crippen LogP) is 2.44. The third-order valence-corrected chi connectivity index (χ3v) is 3.63. The molecule has 1 aromatic heterocycles. The normalized spacial score (nSPS) is 22.2. The third kappa shape index (κ3) is 1.92. The Hall–Kier alpha value is -1.09. The van der Waals surface area contributed by atoms with Gasteiger partial charge in [0.1, 0.15) is 0 Å². The second kappa shape index (κ2) is 4.06. The minimum atomic E-state index is 0.594. The van der Waals surface area contributed by atoms with E-state index < -0.39 is 0 Å². The lowest BCUT2D eigenvalue weighted by molar-refractivity contribution is 0.0853. The zero-order chi connectivity index (χ0) is 11.0. The summed E-state index contributed by atoms with van der Waals surface area (Å²) in [5.74, 6) is 1.24. The summed E-state index contributed by atoms with van der Waals surface area (Å²) in [4.78, 5) is 4.55. The minimum absolute atomic E-state index is 0.594. The van der Waals surface area contributed by atoms with Crippen molar-refractivity contribution in [3.8, 4) is 0 Å². The highest BCUT2D eigenvalue weighted by atomic mass is 16.5. The van der Waals surface area contributed by atoms with E-state index in [0.717, 1.165) is 37.4 Å². The zero-order valence-electron chi connectivity index (χ0n) is 9.48. The average molecular weight is 218 g/mol. The molecule has 16 heavy (non-hydrogen) atoms. The molecule has 1 aliphatic carbocycles. The lowest BCUT2D eigenvalue weighted by Crippen LogP contribution is -2.14. The summed E-state index contributed by atoms with van der Waals surface area (Å²) in [5, 5.41) is 0. The number of anilines is 1. The van der Waals surface area contributed by atoms with Crippen LogP contribution in [-0.2, 0) is 4.74 Å². The Kier molecular flexibility index (Phi) is 2.56. The Morgan fingerprint density at radius 2 is 1.88 bits per heavy atom. The molecule has 0 aromatic carbocycles. The van der Waals surface area contributed by atoms with E-state index in [1.165, 1.54) is 18.4 Å². The number of nitrogens with zero attached hydrogens (tertiary/aromatic N) is 1. The van der Waals surface area contributed by atoms with Crippen molar-refractivity contribution in [2.75, 3.05) is 18.9 Å². The van der Waals surface area contributed by atoms with Gasteiger partial charge in [0.2, 0.25) is 0 Å². The Labute approximate surface area is 96.0 Å². The van der Waals surface area contributed by atoms with Crippen molar-refractivity contribution in [1.82, 2.24) is 4.98 Å². The van der Waals surface area contributed by atoms with E-state index in [9.17, 15) is 0 Å². The number of rotatable bonds is 2. The van der Waals surface area contributed by atoms with Gasteiger partial charge in [-0.05, 0) is 43.2 Å². The van der Waals surface area contributed by atoms with Crippen LogP contribution in [0.1, 0.15) is 48.8 Å². The van der Waals surface area contributed by atoms with E-state index >= 15 is 0 Å². The van der Waals surface area contributed by atoms with Crippen LogP contribution in [0.3, 0.4) is 0 Å². The topological polar surface area (TPSA) is 48.1 Å². The molecule has 3 nitrogen and oxygen atoms in total. The van der Waals surface area contributed by atoms with E-state index in [0.29, 0.717) is 11.8 Å². The number of hydrogen-bond donors (Lipinski definition) is 1. The molecule has 1 aliphatic heterocycles. The van der Waals surface area contributed by atoms with E-state index in [2.05, 4.69) is 11.1 Å². The molecule has 0 spiro atoms. The standard InChI is InChI=1S/C13H18N2O/c14-12-7-11(9-3-5-16-6-4-9)8-15-13(12)10-1-2-10/h7-10H,1-6,14H2. The summed E-state index contributed by atoms with van der Waals surface area (Å²) in [6.07, 6.45) is 6.75. The van der Waals surface area contributed by atoms with Crippen molar-refractivity contribution < 1.29 is 4.74 Å². The van der Waals surface area contributed by atoms with Gasteiger partial charge in [0.25, 0.3) is 0 Å². The van der Waals surface area contributed by atoms with Gasteiger partial charge < -0.3 is 10.5 Å². The van der Waals surface area contributed by atoms with Crippen LogP contribution < -0.4 is 5.73 Å². The van der Waals surface area contributed by atoms with Gasteiger partial charge in [-0.15, -0.1) is 0 Å². The highest BCUT2D eigenvalue weighted by molar-refractivity contribution is 5.48. The van der Waals surface area contributed by atoms with Gasteiger partial charge >= 0.3 is 0 Å². The first kappa shape index (κ1) is 10.1. The highest BCUT2D eigenvalue weighted by Gasteiger charge is 2.27. The molecule has 1 aromatic rings. The molecule has 0 unspecified atom stereocenters. The number of pyridine rings is 1. The lowest BCUT2D eigenvalue weighted by Gasteiger charge is -2.22. The summed E-state index contributed by atoms with van der Waals surface area (Å²) in [7, 11) is 0. The molecule has 3 rings (SSSR count). The fourth-order valence-corrected chi connectivity index (χ4v) is 2.46. The Morgan fingerprint density at radius 3 is 2.50 bits per heavy atom. The fourth-order valence-electron chi connectivity index (χ4n) is 2.46. The predicted molar refractivity (Wildman–Crippen MR) is 63.4 cm³/mol. The molecule has 3 heteroatoms. The van der Waals surface area contributed by atoms with E-state index in [4.69, 9.17) is 10.5 Å². The summed E-state index contributed by atoms with van der Waals surface area (Å²) in [5.41, 5.74) is 9.39. The van der Waals surface area contributed by atoms with E-state index in [1.54, 1.807) is 0 Å². The van der Waals surface area contributed by atoms with Crippen molar-refractivity contribution in [1.29, 1.82) is 0 Å². The van der Waals surface area contributed by atoms with Crippen molar-refractivity contribution in [2.24, 2.45) is 0 Å². The summed E-state index contributed by atoms with van der Waals surface area (Å²) >= 11 is 0. The second-order valence-corrected chi connectivity index (χ2v) is 4.90. The molecular formula is C13H18N2O. The molecular weight excluding hydrogens is 200 g/mol. The summed E-state index contributed by atoms with van der Waals surface area (Å²) in [6.45, 7) is 1.74. The molecule has 2 aliphatic rings. The van der Waals surface area contributed by atoms with Crippen LogP contribution in [0, 0.1) is 0 Å². The van der Waals surface area contributed by atoms with Crippen LogP contribution >= 0.6 is 0 Å². The Balaban J connectivity index is 1.81. The molecule has 2 heterocycles. The summed E-state index contributed by atoms with van der Waals surface area (Å²) in [6, 6.07) is 2.14. The SMILES string of the molecule is Nc1cc(C2CCOCC2)cnc1C1CC1. The van der Waals surface area contributed by atoms with Crippen LogP contribution in [0.4, 0.5) is 5.69 Å². The van der Waals surface area contributed by atoms with Gasteiger partial charge in [-0.2, -0.15) is 0 Å². The van der Waals surface area contributed by atoms with Crippen LogP contribution in [-0.4, -0.2) is 18.2 Å². The van der Waals surface area contributed by atoms with Crippen LogP contribution in [0.5, 0.6) is 0 Å². The van der Waals surface area contributed by atoms with Crippen molar-refractivity contribution in [3.05, 3.63) is 23.5 Å². The largest absolute Gasteiger partial charge is 0.397 e. The first-order valence-electron chi connectivity index (χ1n) is 6.17. The molecule has 0 atom stereocenters. The van der Waals surface area contributed by atoms with Gasteiger partial charge in [0, 0.05) is 25.3 Å². The van der Waals surface area contributed by atoms with Gasteiger partial charge in [-0.1, -0.05) is 0 Å². The number of aromatic nitrogens is 1. The van der Waals surface area contributed by atoms with E-state index in [-0.39, 0.29) is 0 Å². The van der Waals surface area contributed by atoms with Gasteiger partial charge in [-0.3, -0.25) is 4.98 Å². The number of ether oxygens (including phenoxy) is 1. The maximum absolute atomic E-state index is 6.08. The Morgan fingerprint density at radius 1 is 1.12 bits per heavy atom. The lowest BCUT2D eigenvalue weighted by atomic mass is 9.92. The van der Waals surface area contributed by atoms with Crippen LogP contribution in [0.25, 0.3) is 0 Å². The van der Waals surface area contributed by atoms with Crippen LogP contribution in [0.2, 0.25) is 0 Å². The maximum Gasteiger partial charge on any atom is 0.0663 e. The second-order valence-electron chi connectivity index (χ2n) is 4.90. The van der Waals surface area contributed by atoms with Gasteiger partial charge in [0.05, 0.1) is 11.4 Å². The smallest absolute Gasteiger partial charge is 0.0663 e. The molecule has 0 radical (unpaired) electrons. The van der Waals surface area contributed by atoms with Gasteiger partial charge in [0.15, 0.2) is 0 Å². The summed E-state index contributed by atoms with van der Waals surface area (Å²) < 4.78 is 5.37. The first-order chi connectivity index (χ1) is 7.84. The molecule has 0 bridgehead atoms. The third-order valence-electron chi connectivity index (χ3n) is 3.63. The van der Waals surface area contributed by atoms with Crippen LogP contribution in [0.15, 0.2) is 12.3 Å². The molecule has 0 amide bonds. The average Bonchev–Trinajstić information content (AvgIpc) is 3.14.